The van der Waals surface area contributed by atoms with E-state index in [4.69, 9.17) is 10.00 Å². The molecule has 2 aliphatic heterocycles. The maximum atomic E-state index is 13.3. The molecular formula is C23H29N7O3. The van der Waals surface area contributed by atoms with Crippen LogP contribution in [0.15, 0.2) is 23.3 Å². The van der Waals surface area contributed by atoms with E-state index in [9.17, 15) is 9.59 Å². The summed E-state index contributed by atoms with van der Waals surface area (Å²) in [5.41, 5.74) is 2.13. The van der Waals surface area contributed by atoms with Crippen LogP contribution >= 0.6 is 0 Å². The lowest BCUT2D eigenvalue weighted by Crippen LogP contribution is -2.52. The number of ether oxygens (including phenoxy) is 1. The average molecular weight is 452 g/mol. The van der Waals surface area contributed by atoms with Crippen LogP contribution in [0.5, 0.6) is 0 Å². The fourth-order valence-corrected chi connectivity index (χ4v) is 5.18. The van der Waals surface area contributed by atoms with Gasteiger partial charge in [-0.25, -0.2) is 14.6 Å². The number of pyridine rings is 1. The molecule has 5 heterocycles. The molecule has 3 aromatic rings. The van der Waals surface area contributed by atoms with E-state index in [2.05, 4.69) is 27.9 Å². The molecule has 0 radical (unpaired) electrons. The van der Waals surface area contributed by atoms with Crippen LogP contribution in [-0.4, -0.2) is 74.2 Å². The number of hydrogen-bond acceptors (Lipinski definition) is 5. The number of aromatic amines is 2. The lowest BCUT2D eigenvalue weighted by atomic mass is 9.93. The fourth-order valence-electron chi connectivity index (χ4n) is 5.18. The van der Waals surface area contributed by atoms with E-state index in [-0.39, 0.29) is 29.8 Å². The van der Waals surface area contributed by atoms with Crippen LogP contribution in [-0.2, 0) is 4.74 Å². The second-order valence-corrected chi connectivity index (χ2v) is 9.09. The van der Waals surface area contributed by atoms with Crippen molar-refractivity contribution in [2.24, 2.45) is 5.92 Å². The molecule has 10 heteroatoms. The monoisotopic (exact) mass is 451 g/mol. The average Bonchev–Trinajstić information content (AvgIpc) is 3.43. The molecule has 2 fully saturated rings. The zero-order chi connectivity index (χ0) is 22.9. The van der Waals surface area contributed by atoms with Gasteiger partial charge in [0.15, 0.2) is 0 Å². The summed E-state index contributed by atoms with van der Waals surface area (Å²) in [6.07, 6.45) is 6.42. The number of nitriles is 1. The van der Waals surface area contributed by atoms with Gasteiger partial charge >= 0.3 is 11.7 Å². The summed E-state index contributed by atoms with van der Waals surface area (Å²) in [4.78, 5) is 40.5. The van der Waals surface area contributed by atoms with Gasteiger partial charge in [0.05, 0.1) is 48.5 Å². The molecule has 2 aliphatic rings. The second-order valence-electron chi connectivity index (χ2n) is 9.09. The number of urea groups is 1. The molecule has 0 saturated carbocycles. The third-order valence-electron chi connectivity index (χ3n) is 7.06. The van der Waals surface area contributed by atoms with E-state index < -0.39 is 0 Å². The Bertz CT molecular complexity index is 1240. The molecule has 0 aliphatic carbocycles. The van der Waals surface area contributed by atoms with Gasteiger partial charge in [-0.05, 0) is 31.2 Å². The predicted molar refractivity (Wildman–Crippen MR) is 123 cm³/mol. The van der Waals surface area contributed by atoms with Crippen LogP contribution in [0.4, 0.5) is 4.79 Å². The maximum Gasteiger partial charge on any atom is 0.326 e. The zero-order valence-electron chi connectivity index (χ0n) is 18.8. The van der Waals surface area contributed by atoms with Crippen molar-refractivity contribution in [3.8, 4) is 6.07 Å². The molecular weight excluding hydrogens is 422 g/mol. The third kappa shape index (κ3) is 3.97. The van der Waals surface area contributed by atoms with Crippen molar-refractivity contribution in [1.29, 1.82) is 5.26 Å². The quantitative estimate of drug-likeness (QED) is 0.590. The van der Waals surface area contributed by atoms with Crippen molar-refractivity contribution < 1.29 is 9.53 Å². The molecule has 174 valence electrons. The van der Waals surface area contributed by atoms with Crippen LogP contribution in [0.3, 0.4) is 0 Å². The molecule has 2 saturated heterocycles. The fraction of sp³-hybridized carbons (Fsp3) is 0.565. The lowest BCUT2D eigenvalue weighted by molar-refractivity contribution is 0.0124. The van der Waals surface area contributed by atoms with Gasteiger partial charge in [-0.2, -0.15) is 5.26 Å². The molecule has 0 spiro atoms. The van der Waals surface area contributed by atoms with Gasteiger partial charge in [0.25, 0.3) is 0 Å². The van der Waals surface area contributed by atoms with Gasteiger partial charge in [0.2, 0.25) is 0 Å². The topological polar surface area (TPSA) is 123 Å². The normalized spacial score (nSPS) is 22.2. The Balaban J connectivity index is 1.33. The molecule has 2 amide bonds. The van der Waals surface area contributed by atoms with E-state index in [1.807, 2.05) is 26.6 Å². The maximum absolute atomic E-state index is 13.3. The number of rotatable bonds is 4. The third-order valence-corrected chi connectivity index (χ3v) is 7.06. The van der Waals surface area contributed by atoms with E-state index in [1.54, 1.807) is 6.20 Å². The highest BCUT2D eigenvalue weighted by atomic mass is 16.5. The number of piperidine rings is 2. The second kappa shape index (κ2) is 8.90. The predicted octanol–water partition coefficient (Wildman–Crippen LogP) is 2.60. The van der Waals surface area contributed by atoms with Gasteiger partial charge in [0, 0.05) is 37.8 Å². The number of nitrogens with zero attached hydrogens (tertiary/aromatic N) is 5. The Morgan fingerprint density at radius 1 is 1.27 bits per heavy atom. The highest BCUT2D eigenvalue weighted by molar-refractivity contribution is 6.01. The smallest absolute Gasteiger partial charge is 0.326 e. The van der Waals surface area contributed by atoms with Crippen molar-refractivity contribution in [3.05, 3.63) is 28.9 Å². The molecule has 0 unspecified atom stereocenters. The number of aromatic nitrogens is 4. The number of hydrogen-bond donors (Lipinski definition) is 2. The van der Waals surface area contributed by atoms with E-state index in [0.29, 0.717) is 44.7 Å². The summed E-state index contributed by atoms with van der Waals surface area (Å²) in [5, 5.41) is 9.57. The van der Waals surface area contributed by atoms with Crippen LogP contribution < -0.4 is 5.69 Å². The zero-order valence-corrected chi connectivity index (χ0v) is 18.8. The first-order valence-corrected chi connectivity index (χ1v) is 11.7. The Kier molecular flexibility index (Phi) is 5.81. The van der Waals surface area contributed by atoms with E-state index in [0.717, 1.165) is 35.8 Å². The Morgan fingerprint density at radius 3 is 2.85 bits per heavy atom. The van der Waals surface area contributed by atoms with E-state index in [1.165, 1.54) is 0 Å². The number of H-pyrrole nitrogens is 2. The highest BCUT2D eigenvalue weighted by Gasteiger charge is 2.35. The number of nitrogens with one attached hydrogen (secondary N) is 2. The number of imidazole rings is 1. The molecule has 0 bridgehead atoms. The largest absolute Gasteiger partial charge is 0.377 e. The Labute approximate surface area is 191 Å². The van der Waals surface area contributed by atoms with Gasteiger partial charge in [-0.3, -0.25) is 4.57 Å². The molecule has 3 aromatic heterocycles. The van der Waals surface area contributed by atoms with Crippen molar-refractivity contribution >= 4 is 28.1 Å². The number of carbonyl (C=O) groups is 1. The number of amides is 2. The van der Waals surface area contributed by atoms with Crippen molar-refractivity contribution in [2.45, 2.75) is 44.8 Å². The van der Waals surface area contributed by atoms with Crippen molar-refractivity contribution in [3.63, 3.8) is 0 Å². The molecule has 0 aromatic carbocycles. The molecule has 10 nitrogen and oxygen atoms in total. The first-order chi connectivity index (χ1) is 16.1. The molecule has 33 heavy (non-hydrogen) atoms. The molecule has 2 N–H and O–H groups in total. The number of fused-ring (bicyclic) bond motifs is 3. The lowest BCUT2D eigenvalue weighted by Gasteiger charge is -2.41. The number of carbonyl (C=O) groups excluding carboxylic acids is 1. The van der Waals surface area contributed by atoms with Crippen molar-refractivity contribution in [2.75, 3.05) is 32.8 Å². The Morgan fingerprint density at radius 2 is 2.06 bits per heavy atom. The number of likely N-dealkylation sites (tertiary alicyclic amines) is 2. The Hall–Kier alpha value is -3.32. The van der Waals surface area contributed by atoms with Gasteiger partial charge in [-0.1, -0.05) is 6.92 Å². The summed E-state index contributed by atoms with van der Waals surface area (Å²) < 4.78 is 7.56. The van der Waals surface area contributed by atoms with Crippen LogP contribution in [0.1, 0.15) is 38.6 Å². The first-order valence-electron chi connectivity index (χ1n) is 11.7. The van der Waals surface area contributed by atoms with Gasteiger partial charge in [0.1, 0.15) is 5.65 Å². The van der Waals surface area contributed by atoms with Crippen molar-refractivity contribution in [1.82, 2.24) is 29.3 Å². The van der Waals surface area contributed by atoms with E-state index >= 15 is 0 Å². The molecule has 5 rings (SSSR count). The summed E-state index contributed by atoms with van der Waals surface area (Å²) in [7, 11) is 0. The minimum absolute atomic E-state index is 0.0312. The minimum atomic E-state index is -0.165. The summed E-state index contributed by atoms with van der Waals surface area (Å²) in [5.74, 6) is 0.257. The van der Waals surface area contributed by atoms with Gasteiger partial charge in [-0.15, -0.1) is 0 Å². The summed E-state index contributed by atoms with van der Waals surface area (Å²) in [6.45, 7) is 5.08. The highest BCUT2D eigenvalue weighted by Crippen LogP contribution is 2.32. The van der Waals surface area contributed by atoms with Crippen LogP contribution in [0.2, 0.25) is 0 Å². The summed E-state index contributed by atoms with van der Waals surface area (Å²) in [6, 6.07) is 3.95. The summed E-state index contributed by atoms with van der Waals surface area (Å²) >= 11 is 0. The SMILES string of the molecule is C[C@@H]1CCN(C(=O)N2CCC(OCCC#N)CC2)C[C@@H]1n1c(=O)[nH]c2cnc3[nH]ccc3c21. The molecule has 2 atom stereocenters. The van der Waals surface area contributed by atoms with Crippen LogP contribution in [0, 0.1) is 17.2 Å². The van der Waals surface area contributed by atoms with Crippen LogP contribution in [0.25, 0.3) is 22.1 Å². The minimum Gasteiger partial charge on any atom is -0.377 e. The standard InChI is InChI=1S/C23H29N7O3/c1-15-4-9-29(23(32)28-10-5-16(6-11-28)33-12-2-7-24)14-19(15)30-20-17-3-8-25-21(17)26-13-18(20)27-22(30)31/h3,8,13,15-16,19H,2,4-6,9-12,14H2,1H3,(H,25,26)(H,27,31)/t15-,19+/m1/s1. The first kappa shape index (κ1) is 21.5. The van der Waals surface area contributed by atoms with Gasteiger partial charge < -0.3 is 24.5 Å².